The van der Waals surface area contributed by atoms with Crippen LogP contribution in [-0.2, 0) is 5.54 Å². The van der Waals surface area contributed by atoms with Gasteiger partial charge in [0.2, 0.25) is 0 Å². The number of benzene rings is 1. The number of pyridine rings is 1. The quantitative estimate of drug-likeness (QED) is 0.382. The molecule has 0 aliphatic carbocycles. The van der Waals surface area contributed by atoms with Gasteiger partial charge in [0.1, 0.15) is 23.0 Å². The lowest BCUT2D eigenvalue weighted by molar-refractivity contribution is -0.384. The van der Waals surface area contributed by atoms with Crippen molar-refractivity contribution in [1.29, 1.82) is 0 Å². The molecule has 29 heavy (non-hydrogen) atoms. The molecule has 2 heterocycles. The van der Waals surface area contributed by atoms with Crippen molar-refractivity contribution in [2.45, 2.75) is 26.3 Å². The fourth-order valence-electron chi connectivity index (χ4n) is 2.81. The van der Waals surface area contributed by atoms with E-state index in [0.29, 0.717) is 35.5 Å². The third-order valence-electron chi connectivity index (χ3n) is 4.16. The van der Waals surface area contributed by atoms with Gasteiger partial charge in [-0.15, -0.1) is 0 Å². The highest BCUT2D eigenvalue weighted by atomic mass is 16.6. The van der Waals surface area contributed by atoms with E-state index >= 15 is 0 Å². The first kappa shape index (κ1) is 19.9. The summed E-state index contributed by atoms with van der Waals surface area (Å²) in [6.45, 7) is 5.78. The SMILES string of the molecule is CC(C)(C)n1nc(-c2ccc([N+](=O)[O-])cc2)c(C=O)c1Nc1cccc(C=O)n1. The summed E-state index contributed by atoms with van der Waals surface area (Å²) in [5.74, 6) is 0.801. The van der Waals surface area contributed by atoms with Crippen molar-refractivity contribution >= 4 is 29.9 Å². The zero-order chi connectivity index (χ0) is 21.2. The molecular formula is C20H19N5O4. The lowest BCUT2D eigenvalue weighted by Crippen LogP contribution is -2.25. The average Bonchev–Trinajstić information content (AvgIpc) is 3.06. The Balaban J connectivity index is 2.15. The second-order valence-corrected chi connectivity index (χ2v) is 7.31. The number of non-ortho nitro benzene ring substituents is 1. The molecule has 0 amide bonds. The first-order valence-corrected chi connectivity index (χ1v) is 8.77. The van der Waals surface area contributed by atoms with E-state index in [1.807, 2.05) is 20.8 Å². The predicted octanol–water partition coefficient (Wildman–Crippen LogP) is 3.98. The topological polar surface area (TPSA) is 120 Å². The number of anilines is 2. The van der Waals surface area contributed by atoms with Gasteiger partial charge in [-0.05, 0) is 45.0 Å². The molecule has 0 saturated carbocycles. The van der Waals surface area contributed by atoms with E-state index in [9.17, 15) is 19.7 Å². The van der Waals surface area contributed by atoms with Gasteiger partial charge in [0, 0.05) is 17.7 Å². The number of carbonyl (C=O) groups is 2. The van der Waals surface area contributed by atoms with E-state index in [2.05, 4.69) is 15.4 Å². The first-order chi connectivity index (χ1) is 13.7. The zero-order valence-corrected chi connectivity index (χ0v) is 16.1. The van der Waals surface area contributed by atoms with Gasteiger partial charge in [0.25, 0.3) is 5.69 Å². The zero-order valence-electron chi connectivity index (χ0n) is 16.1. The number of aldehydes is 2. The second-order valence-electron chi connectivity index (χ2n) is 7.31. The Labute approximate surface area is 166 Å². The number of nitrogens with zero attached hydrogens (tertiary/aromatic N) is 4. The van der Waals surface area contributed by atoms with Crippen LogP contribution in [0.4, 0.5) is 17.3 Å². The van der Waals surface area contributed by atoms with Crippen LogP contribution in [0.2, 0.25) is 0 Å². The number of hydrogen-bond acceptors (Lipinski definition) is 7. The van der Waals surface area contributed by atoms with E-state index in [4.69, 9.17) is 0 Å². The molecule has 9 nitrogen and oxygen atoms in total. The molecule has 0 aliphatic heterocycles. The van der Waals surface area contributed by atoms with Gasteiger partial charge in [-0.2, -0.15) is 5.10 Å². The molecule has 1 N–H and O–H groups in total. The second kappa shape index (κ2) is 7.63. The largest absolute Gasteiger partial charge is 0.324 e. The molecular weight excluding hydrogens is 374 g/mol. The van der Waals surface area contributed by atoms with Crippen molar-refractivity contribution in [1.82, 2.24) is 14.8 Å². The molecule has 0 radical (unpaired) electrons. The van der Waals surface area contributed by atoms with Crippen molar-refractivity contribution < 1.29 is 14.5 Å². The maximum absolute atomic E-state index is 12.0. The molecule has 0 bridgehead atoms. The maximum Gasteiger partial charge on any atom is 0.269 e. The number of nitro benzene ring substituents is 1. The third-order valence-corrected chi connectivity index (χ3v) is 4.16. The molecule has 2 aromatic heterocycles. The number of rotatable bonds is 6. The van der Waals surface area contributed by atoms with Gasteiger partial charge in [-0.1, -0.05) is 6.07 Å². The van der Waals surface area contributed by atoms with Crippen LogP contribution >= 0.6 is 0 Å². The van der Waals surface area contributed by atoms with Gasteiger partial charge in [-0.3, -0.25) is 19.7 Å². The minimum atomic E-state index is -0.489. The normalized spacial score (nSPS) is 11.1. The van der Waals surface area contributed by atoms with Crippen LogP contribution in [-0.4, -0.2) is 32.3 Å². The summed E-state index contributed by atoms with van der Waals surface area (Å²) in [5, 5.41) is 18.6. The van der Waals surface area contributed by atoms with Crippen molar-refractivity contribution in [2.75, 3.05) is 5.32 Å². The van der Waals surface area contributed by atoms with Crippen LogP contribution in [0.5, 0.6) is 0 Å². The number of aromatic nitrogens is 3. The van der Waals surface area contributed by atoms with Crippen molar-refractivity contribution in [3.8, 4) is 11.3 Å². The number of hydrogen-bond donors (Lipinski definition) is 1. The average molecular weight is 393 g/mol. The molecule has 148 valence electrons. The molecule has 3 rings (SSSR count). The first-order valence-electron chi connectivity index (χ1n) is 8.77. The van der Waals surface area contributed by atoms with Gasteiger partial charge >= 0.3 is 0 Å². The van der Waals surface area contributed by atoms with Gasteiger partial charge < -0.3 is 5.32 Å². The molecule has 3 aromatic rings. The predicted molar refractivity (Wildman–Crippen MR) is 108 cm³/mol. The Morgan fingerprint density at radius 2 is 1.76 bits per heavy atom. The number of carbonyl (C=O) groups excluding carboxylic acids is 2. The highest BCUT2D eigenvalue weighted by molar-refractivity contribution is 5.93. The minimum absolute atomic E-state index is 0.0510. The van der Waals surface area contributed by atoms with E-state index in [1.54, 1.807) is 35.0 Å². The van der Waals surface area contributed by atoms with E-state index in [-0.39, 0.29) is 16.9 Å². The molecule has 0 atom stereocenters. The van der Waals surface area contributed by atoms with Crippen molar-refractivity contribution in [3.05, 3.63) is 63.8 Å². The summed E-state index contributed by atoms with van der Waals surface area (Å²) in [5.41, 5.74) is 0.954. The minimum Gasteiger partial charge on any atom is -0.324 e. The lowest BCUT2D eigenvalue weighted by Gasteiger charge is -2.22. The smallest absolute Gasteiger partial charge is 0.269 e. The van der Waals surface area contributed by atoms with Crippen LogP contribution in [0.1, 0.15) is 41.6 Å². The van der Waals surface area contributed by atoms with Crippen LogP contribution < -0.4 is 5.32 Å². The Kier molecular flexibility index (Phi) is 5.22. The third kappa shape index (κ3) is 4.03. The van der Waals surface area contributed by atoms with Crippen LogP contribution in [0, 0.1) is 10.1 Å². The molecule has 0 aliphatic rings. The summed E-state index contributed by atoms with van der Waals surface area (Å²) in [6, 6.07) is 10.7. The summed E-state index contributed by atoms with van der Waals surface area (Å²) in [4.78, 5) is 37.6. The van der Waals surface area contributed by atoms with Crippen LogP contribution in [0.3, 0.4) is 0 Å². The molecule has 0 unspecified atom stereocenters. The van der Waals surface area contributed by atoms with Crippen molar-refractivity contribution in [3.63, 3.8) is 0 Å². The Morgan fingerprint density at radius 1 is 1.07 bits per heavy atom. The van der Waals surface area contributed by atoms with Gasteiger partial charge in [0.05, 0.1) is 16.0 Å². The summed E-state index contributed by atoms with van der Waals surface area (Å²) < 4.78 is 1.66. The van der Waals surface area contributed by atoms with E-state index in [1.165, 1.54) is 12.1 Å². The molecule has 0 spiro atoms. The van der Waals surface area contributed by atoms with Crippen LogP contribution in [0.15, 0.2) is 42.5 Å². The van der Waals surface area contributed by atoms with Crippen molar-refractivity contribution in [2.24, 2.45) is 0 Å². The lowest BCUT2D eigenvalue weighted by atomic mass is 10.1. The summed E-state index contributed by atoms with van der Waals surface area (Å²) >= 11 is 0. The highest BCUT2D eigenvalue weighted by Crippen LogP contribution is 2.33. The monoisotopic (exact) mass is 393 g/mol. The molecule has 9 heteroatoms. The molecule has 1 aromatic carbocycles. The Morgan fingerprint density at radius 3 is 2.31 bits per heavy atom. The Hall–Kier alpha value is -3.88. The number of nitro groups is 1. The Bertz CT molecular complexity index is 1080. The molecule has 0 fully saturated rings. The summed E-state index contributed by atoms with van der Waals surface area (Å²) in [6.07, 6.45) is 1.31. The number of nitrogens with one attached hydrogen (secondary N) is 1. The molecule has 0 saturated heterocycles. The highest BCUT2D eigenvalue weighted by Gasteiger charge is 2.26. The van der Waals surface area contributed by atoms with E-state index < -0.39 is 10.5 Å². The van der Waals surface area contributed by atoms with Gasteiger partial charge in [0.15, 0.2) is 12.6 Å². The fourth-order valence-corrected chi connectivity index (χ4v) is 2.81. The van der Waals surface area contributed by atoms with E-state index in [0.717, 1.165) is 0 Å². The summed E-state index contributed by atoms with van der Waals surface area (Å²) in [7, 11) is 0. The van der Waals surface area contributed by atoms with Gasteiger partial charge in [-0.25, -0.2) is 9.67 Å². The maximum atomic E-state index is 12.0. The standard InChI is InChI=1S/C20H19N5O4/c1-20(2,3)24-19(22-17-6-4-5-14(11-26)21-17)16(12-27)18(23-24)13-7-9-15(10-8-13)25(28)29/h4-12H,1-3H3,(H,21,22). The van der Waals surface area contributed by atoms with Crippen LogP contribution in [0.25, 0.3) is 11.3 Å². The fraction of sp³-hybridized carbons (Fsp3) is 0.200.